The molecule has 1 rings (SSSR count). The Morgan fingerprint density at radius 1 is 1.22 bits per heavy atom. The quantitative estimate of drug-likeness (QED) is 0.406. The topological polar surface area (TPSA) is 17.1 Å². The summed E-state index contributed by atoms with van der Waals surface area (Å²) in [5.41, 5.74) is 0. The van der Waals surface area contributed by atoms with Gasteiger partial charge in [-0.3, -0.25) is 4.79 Å². The fourth-order valence-corrected chi connectivity index (χ4v) is 1.35. The number of hydrogen-bond acceptors (Lipinski definition) is 1. The Kier molecular flexibility index (Phi) is 2.49. The molecule has 0 aromatic heterocycles. The zero-order valence-corrected chi connectivity index (χ0v) is 5.55. The molecule has 0 radical (unpaired) electrons. The van der Waals surface area contributed by atoms with E-state index < -0.39 is 0 Å². The van der Waals surface area contributed by atoms with E-state index in [1.54, 1.807) is 6.08 Å². The van der Waals surface area contributed by atoms with Gasteiger partial charge in [0, 0.05) is 0 Å². The summed E-state index contributed by atoms with van der Waals surface area (Å²) in [5, 5.41) is 0. The predicted octanol–water partition coefficient (Wildman–Crippen LogP) is 1.93. The summed E-state index contributed by atoms with van der Waals surface area (Å²) in [6, 6.07) is 0. The molecule has 0 aliphatic heterocycles. The van der Waals surface area contributed by atoms with E-state index in [4.69, 9.17) is 0 Å². The monoisotopic (exact) mass is 124 g/mol. The van der Waals surface area contributed by atoms with Crippen molar-refractivity contribution in [1.29, 1.82) is 0 Å². The third kappa shape index (κ3) is 2.00. The van der Waals surface area contributed by atoms with Crippen molar-refractivity contribution in [3.63, 3.8) is 0 Å². The van der Waals surface area contributed by atoms with Crippen LogP contribution >= 0.6 is 0 Å². The van der Waals surface area contributed by atoms with Gasteiger partial charge in [0.2, 0.25) is 0 Å². The van der Waals surface area contributed by atoms with Crippen molar-refractivity contribution in [3.05, 3.63) is 12.2 Å². The number of allylic oxidation sites excluding steroid dienone is 2. The van der Waals surface area contributed by atoms with Crippen LogP contribution in [0, 0.1) is 5.92 Å². The van der Waals surface area contributed by atoms with E-state index in [2.05, 4.69) is 0 Å². The Labute approximate surface area is 55.8 Å². The minimum absolute atomic E-state index is 0.704. The van der Waals surface area contributed by atoms with Crippen LogP contribution in [0.1, 0.15) is 25.7 Å². The molecule has 1 heteroatoms. The largest absolute Gasteiger partial charge is 0.299 e. The standard InChI is InChI=1S/C8H12O/c9-7-3-6-8-4-1-2-5-8/h3,6-8H,1-2,4-5H2/b6-3-. The molecule has 0 unspecified atom stereocenters. The van der Waals surface area contributed by atoms with Crippen molar-refractivity contribution in [1.82, 2.24) is 0 Å². The highest BCUT2D eigenvalue weighted by molar-refractivity contribution is 5.64. The molecule has 0 aromatic carbocycles. The normalized spacial score (nSPS) is 21.3. The summed E-state index contributed by atoms with van der Waals surface area (Å²) in [6.07, 6.45) is 9.75. The lowest BCUT2D eigenvalue weighted by molar-refractivity contribution is -0.104. The molecule has 0 N–H and O–H groups in total. The lowest BCUT2D eigenvalue weighted by Crippen LogP contribution is -1.84. The Bertz CT molecular complexity index is 110. The van der Waals surface area contributed by atoms with Crippen LogP contribution in [0.25, 0.3) is 0 Å². The van der Waals surface area contributed by atoms with Gasteiger partial charge in [-0.05, 0) is 24.8 Å². The molecule has 1 aliphatic rings. The molecular formula is C8H12O. The zero-order chi connectivity index (χ0) is 6.53. The first-order valence-electron chi connectivity index (χ1n) is 3.55. The van der Waals surface area contributed by atoms with Gasteiger partial charge in [-0.1, -0.05) is 18.9 Å². The summed E-state index contributed by atoms with van der Waals surface area (Å²) in [4.78, 5) is 9.87. The van der Waals surface area contributed by atoms with Gasteiger partial charge in [0.15, 0.2) is 0 Å². The number of carbonyl (C=O) groups excluding carboxylic acids is 1. The lowest BCUT2D eigenvalue weighted by Gasteiger charge is -1.96. The Morgan fingerprint density at radius 3 is 2.44 bits per heavy atom. The molecule has 0 saturated heterocycles. The summed E-state index contributed by atoms with van der Waals surface area (Å²) in [5.74, 6) is 0.704. The number of hydrogen-bond donors (Lipinski definition) is 0. The molecule has 0 atom stereocenters. The predicted molar refractivity (Wildman–Crippen MR) is 37.2 cm³/mol. The lowest BCUT2D eigenvalue weighted by atomic mass is 10.1. The average Bonchev–Trinajstić information content (AvgIpc) is 2.34. The second-order valence-electron chi connectivity index (χ2n) is 2.57. The maximum atomic E-state index is 9.87. The van der Waals surface area contributed by atoms with Crippen LogP contribution in [-0.2, 0) is 4.79 Å². The van der Waals surface area contributed by atoms with Crippen LogP contribution < -0.4 is 0 Å². The molecule has 9 heavy (non-hydrogen) atoms. The fourth-order valence-electron chi connectivity index (χ4n) is 1.35. The molecule has 1 fully saturated rings. The smallest absolute Gasteiger partial charge is 0.142 e. The van der Waals surface area contributed by atoms with Gasteiger partial charge in [-0.2, -0.15) is 0 Å². The van der Waals surface area contributed by atoms with E-state index in [0.29, 0.717) is 5.92 Å². The van der Waals surface area contributed by atoms with Gasteiger partial charge in [-0.15, -0.1) is 0 Å². The van der Waals surface area contributed by atoms with Crippen LogP contribution in [0.5, 0.6) is 0 Å². The fraction of sp³-hybridized carbons (Fsp3) is 0.625. The molecule has 1 saturated carbocycles. The highest BCUT2D eigenvalue weighted by atomic mass is 16.1. The Balaban J connectivity index is 2.25. The second kappa shape index (κ2) is 3.44. The van der Waals surface area contributed by atoms with Gasteiger partial charge in [0.1, 0.15) is 6.29 Å². The van der Waals surface area contributed by atoms with E-state index in [-0.39, 0.29) is 0 Å². The SMILES string of the molecule is O=C/C=C\C1CCCC1. The molecule has 0 amide bonds. The molecule has 0 bridgehead atoms. The van der Waals surface area contributed by atoms with Crippen molar-refractivity contribution in [2.45, 2.75) is 25.7 Å². The molecule has 1 nitrogen and oxygen atoms in total. The molecular weight excluding hydrogens is 112 g/mol. The molecule has 0 aromatic rings. The Morgan fingerprint density at radius 2 is 1.89 bits per heavy atom. The van der Waals surface area contributed by atoms with Gasteiger partial charge < -0.3 is 0 Å². The average molecular weight is 124 g/mol. The molecule has 0 spiro atoms. The van der Waals surface area contributed by atoms with E-state index >= 15 is 0 Å². The van der Waals surface area contributed by atoms with Crippen LogP contribution in [-0.4, -0.2) is 6.29 Å². The second-order valence-corrected chi connectivity index (χ2v) is 2.57. The van der Waals surface area contributed by atoms with Crippen LogP contribution in [0.3, 0.4) is 0 Å². The maximum Gasteiger partial charge on any atom is 0.142 e. The summed E-state index contributed by atoms with van der Waals surface area (Å²) < 4.78 is 0. The van der Waals surface area contributed by atoms with Gasteiger partial charge in [-0.25, -0.2) is 0 Å². The minimum Gasteiger partial charge on any atom is -0.299 e. The van der Waals surface area contributed by atoms with Crippen LogP contribution in [0.2, 0.25) is 0 Å². The van der Waals surface area contributed by atoms with E-state index in [0.717, 1.165) is 6.29 Å². The van der Waals surface area contributed by atoms with E-state index in [1.165, 1.54) is 25.7 Å². The summed E-state index contributed by atoms with van der Waals surface area (Å²) >= 11 is 0. The minimum atomic E-state index is 0.704. The highest BCUT2D eigenvalue weighted by Gasteiger charge is 2.10. The van der Waals surface area contributed by atoms with Crippen molar-refractivity contribution in [2.24, 2.45) is 5.92 Å². The van der Waals surface area contributed by atoms with Crippen molar-refractivity contribution in [3.8, 4) is 0 Å². The third-order valence-electron chi connectivity index (χ3n) is 1.86. The molecule has 1 aliphatic carbocycles. The van der Waals surface area contributed by atoms with Crippen molar-refractivity contribution < 1.29 is 4.79 Å². The van der Waals surface area contributed by atoms with Crippen LogP contribution in [0.15, 0.2) is 12.2 Å². The van der Waals surface area contributed by atoms with E-state index in [9.17, 15) is 4.79 Å². The number of rotatable bonds is 2. The number of carbonyl (C=O) groups is 1. The third-order valence-corrected chi connectivity index (χ3v) is 1.86. The van der Waals surface area contributed by atoms with Gasteiger partial charge >= 0.3 is 0 Å². The first-order valence-corrected chi connectivity index (χ1v) is 3.55. The van der Waals surface area contributed by atoms with Gasteiger partial charge in [0.25, 0.3) is 0 Å². The highest BCUT2D eigenvalue weighted by Crippen LogP contribution is 2.25. The number of aldehydes is 1. The molecule has 50 valence electrons. The summed E-state index contributed by atoms with van der Waals surface area (Å²) in [7, 11) is 0. The van der Waals surface area contributed by atoms with Crippen molar-refractivity contribution in [2.75, 3.05) is 0 Å². The first-order chi connectivity index (χ1) is 4.43. The van der Waals surface area contributed by atoms with Crippen molar-refractivity contribution >= 4 is 6.29 Å². The molecule has 0 heterocycles. The van der Waals surface area contributed by atoms with E-state index in [1.807, 2.05) is 6.08 Å². The Hall–Kier alpha value is -0.590. The zero-order valence-electron chi connectivity index (χ0n) is 5.55. The first kappa shape index (κ1) is 6.53. The van der Waals surface area contributed by atoms with Crippen LogP contribution in [0.4, 0.5) is 0 Å². The summed E-state index contributed by atoms with van der Waals surface area (Å²) in [6.45, 7) is 0. The maximum absolute atomic E-state index is 9.87. The van der Waals surface area contributed by atoms with Gasteiger partial charge in [0.05, 0.1) is 0 Å².